The molecule has 0 radical (unpaired) electrons. The topological polar surface area (TPSA) is 67.2 Å². The summed E-state index contributed by atoms with van der Waals surface area (Å²) < 4.78 is 1.90. The zero-order valence-corrected chi connectivity index (χ0v) is 15.9. The lowest BCUT2D eigenvalue weighted by molar-refractivity contribution is -0.122. The van der Waals surface area contributed by atoms with Gasteiger partial charge in [-0.1, -0.05) is 19.1 Å². The maximum absolute atomic E-state index is 12.8. The average Bonchev–Trinajstić information content (AvgIpc) is 3.31. The Labute approximate surface area is 159 Å². The van der Waals surface area contributed by atoms with Crippen molar-refractivity contribution in [2.45, 2.75) is 45.6 Å². The van der Waals surface area contributed by atoms with Crippen LogP contribution in [-0.4, -0.2) is 28.1 Å². The van der Waals surface area contributed by atoms with Crippen LogP contribution in [0.1, 0.15) is 44.7 Å². The van der Waals surface area contributed by atoms with Gasteiger partial charge in [-0.15, -0.1) is 0 Å². The molecule has 2 fully saturated rings. The van der Waals surface area contributed by atoms with Gasteiger partial charge in [0.2, 0.25) is 11.8 Å². The number of nitrogens with one attached hydrogen (secondary N) is 1. The second-order valence-corrected chi connectivity index (χ2v) is 7.65. The molecule has 4 rings (SSSR count). The monoisotopic (exact) mass is 366 g/mol. The minimum Gasteiger partial charge on any atom is -0.312 e. The SMILES string of the molecule is CCc1ccc(N2CC(C(=O)Nc3ccnn3C(C)C3CC3)CC2=O)cc1. The number of hydrogen-bond acceptors (Lipinski definition) is 3. The van der Waals surface area contributed by atoms with Crippen LogP contribution in [0.25, 0.3) is 0 Å². The van der Waals surface area contributed by atoms with E-state index in [1.165, 1.54) is 18.4 Å². The Kier molecular flexibility index (Phi) is 4.72. The van der Waals surface area contributed by atoms with Crippen molar-refractivity contribution >= 4 is 23.3 Å². The van der Waals surface area contributed by atoms with Crippen molar-refractivity contribution < 1.29 is 9.59 Å². The van der Waals surface area contributed by atoms with Crippen LogP contribution in [0.4, 0.5) is 11.5 Å². The summed E-state index contributed by atoms with van der Waals surface area (Å²) in [7, 11) is 0. The van der Waals surface area contributed by atoms with Gasteiger partial charge in [0.05, 0.1) is 18.2 Å². The van der Waals surface area contributed by atoms with Gasteiger partial charge in [0, 0.05) is 24.7 Å². The van der Waals surface area contributed by atoms with E-state index in [9.17, 15) is 9.59 Å². The number of aromatic nitrogens is 2. The Balaban J connectivity index is 1.43. The number of amides is 2. The minimum absolute atomic E-state index is 0.000690. The lowest BCUT2D eigenvalue weighted by atomic mass is 10.1. The van der Waals surface area contributed by atoms with Crippen molar-refractivity contribution in [3.63, 3.8) is 0 Å². The molecule has 1 saturated carbocycles. The molecule has 2 amide bonds. The van der Waals surface area contributed by atoms with Gasteiger partial charge in [0.25, 0.3) is 0 Å². The van der Waals surface area contributed by atoms with Crippen molar-refractivity contribution in [3.8, 4) is 0 Å². The van der Waals surface area contributed by atoms with Crippen molar-refractivity contribution in [2.75, 3.05) is 16.8 Å². The zero-order valence-electron chi connectivity index (χ0n) is 15.9. The van der Waals surface area contributed by atoms with Gasteiger partial charge in [0.1, 0.15) is 5.82 Å². The summed E-state index contributed by atoms with van der Waals surface area (Å²) in [5, 5.41) is 7.36. The fourth-order valence-electron chi connectivity index (χ4n) is 3.79. The molecule has 2 atom stereocenters. The largest absolute Gasteiger partial charge is 0.312 e. The fourth-order valence-corrected chi connectivity index (χ4v) is 3.79. The highest BCUT2D eigenvalue weighted by Crippen LogP contribution is 2.40. The molecule has 6 heteroatoms. The summed E-state index contributed by atoms with van der Waals surface area (Å²) in [6.45, 7) is 4.66. The second kappa shape index (κ2) is 7.18. The highest BCUT2D eigenvalue weighted by Gasteiger charge is 2.36. The number of carbonyl (C=O) groups is 2. The van der Waals surface area contributed by atoms with Crippen LogP contribution in [-0.2, 0) is 16.0 Å². The molecular weight excluding hydrogens is 340 g/mol. The van der Waals surface area contributed by atoms with Gasteiger partial charge in [-0.3, -0.25) is 9.59 Å². The first-order valence-corrected chi connectivity index (χ1v) is 9.80. The number of carbonyl (C=O) groups excluding carboxylic acids is 2. The fraction of sp³-hybridized carbons (Fsp3) is 0.476. The smallest absolute Gasteiger partial charge is 0.230 e. The maximum atomic E-state index is 12.8. The van der Waals surface area contributed by atoms with Crippen molar-refractivity contribution in [1.82, 2.24) is 9.78 Å². The first-order chi connectivity index (χ1) is 13.1. The van der Waals surface area contributed by atoms with Gasteiger partial charge in [-0.05, 0) is 49.8 Å². The lowest BCUT2D eigenvalue weighted by Gasteiger charge is -2.18. The van der Waals surface area contributed by atoms with Crippen LogP contribution in [0.3, 0.4) is 0 Å². The predicted molar refractivity (Wildman–Crippen MR) is 105 cm³/mol. The molecule has 1 aromatic heterocycles. The van der Waals surface area contributed by atoms with Crippen LogP contribution in [0, 0.1) is 11.8 Å². The molecule has 1 aliphatic heterocycles. The number of rotatable bonds is 6. The Morgan fingerprint density at radius 2 is 2.00 bits per heavy atom. The highest BCUT2D eigenvalue weighted by atomic mass is 16.2. The third-order valence-electron chi connectivity index (χ3n) is 5.76. The van der Waals surface area contributed by atoms with Gasteiger partial charge >= 0.3 is 0 Å². The van der Waals surface area contributed by atoms with E-state index in [-0.39, 0.29) is 30.2 Å². The highest BCUT2D eigenvalue weighted by molar-refractivity contribution is 6.03. The van der Waals surface area contributed by atoms with Crippen molar-refractivity contribution in [1.29, 1.82) is 0 Å². The summed E-state index contributed by atoms with van der Waals surface area (Å²) >= 11 is 0. The first-order valence-electron chi connectivity index (χ1n) is 9.80. The lowest BCUT2D eigenvalue weighted by Crippen LogP contribution is -2.29. The van der Waals surface area contributed by atoms with E-state index >= 15 is 0 Å². The van der Waals surface area contributed by atoms with Crippen molar-refractivity contribution in [3.05, 3.63) is 42.1 Å². The molecule has 1 N–H and O–H groups in total. The molecule has 1 saturated heterocycles. The van der Waals surface area contributed by atoms with Gasteiger partial charge < -0.3 is 10.2 Å². The van der Waals surface area contributed by atoms with E-state index in [1.54, 1.807) is 11.1 Å². The molecule has 27 heavy (non-hydrogen) atoms. The number of nitrogens with zero attached hydrogens (tertiary/aromatic N) is 3. The molecule has 0 bridgehead atoms. The van der Waals surface area contributed by atoms with E-state index in [4.69, 9.17) is 0 Å². The molecule has 6 nitrogen and oxygen atoms in total. The Morgan fingerprint density at radius 3 is 2.67 bits per heavy atom. The summed E-state index contributed by atoms with van der Waals surface area (Å²) in [6.07, 6.45) is 5.37. The van der Waals surface area contributed by atoms with E-state index in [1.807, 2.05) is 35.0 Å². The van der Waals surface area contributed by atoms with E-state index < -0.39 is 0 Å². The third kappa shape index (κ3) is 3.61. The quantitative estimate of drug-likeness (QED) is 0.852. The van der Waals surface area contributed by atoms with Crippen LogP contribution in [0.2, 0.25) is 0 Å². The van der Waals surface area contributed by atoms with Gasteiger partial charge in [0.15, 0.2) is 0 Å². The second-order valence-electron chi connectivity index (χ2n) is 7.65. The minimum atomic E-state index is -0.345. The Morgan fingerprint density at radius 1 is 1.26 bits per heavy atom. The predicted octanol–water partition coefficient (Wildman–Crippen LogP) is 3.41. The van der Waals surface area contributed by atoms with Crippen LogP contribution in [0.15, 0.2) is 36.5 Å². The normalized spacial score (nSPS) is 20.7. The third-order valence-corrected chi connectivity index (χ3v) is 5.76. The first kappa shape index (κ1) is 17.8. The van der Waals surface area contributed by atoms with Crippen molar-refractivity contribution in [2.24, 2.45) is 11.8 Å². The Hall–Kier alpha value is -2.63. The number of hydrogen-bond donors (Lipinski definition) is 1. The molecule has 1 aromatic carbocycles. The molecule has 2 heterocycles. The van der Waals surface area contributed by atoms with E-state index in [2.05, 4.69) is 24.3 Å². The Bertz CT molecular complexity index is 838. The van der Waals surface area contributed by atoms with E-state index in [0.717, 1.165) is 17.9 Å². The number of aryl methyl sites for hydroxylation is 1. The molecule has 2 aliphatic rings. The summed E-state index contributed by atoms with van der Waals surface area (Å²) in [5.41, 5.74) is 2.10. The standard InChI is InChI=1S/C21H26N4O2/c1-3-15-4-8-18(9-5-15)24-13-17(12-20(24)26)21(27)23-19-10-11-22-25(19)14(2)16-6-7-16/h4-5,8-11,14,16-17H,3,6-7,12-13H2,1-2H3,(H,23,27). The summed E-state index contributed by atoms with van der Waals surface area (Å²) in [6, 6.07) is 10.1. The van der Waals surface area contributed by atoms with Gasteiger partial charge in [-0.2, -0.15) is 5.10 Å². The number of benzene rings is 1. The summed E-state index contributed by atoms with van der Waals surface area (Å²) in [5.74, 6) is 0.913. The van der Waals surface area contributed by atoms with Crippen LogP contribution in [0.5, 0.6) is 0 Å². The molecule has 0 spiro atoms. The van der Waals surface area contributed by atoms with Gasteiger partial charge in [-0.25, -0.2) is 4.68 Å². The molecular formula is C21H26N4O2. The van der Waals surface area contributed by atoms with E-state index in [0.29, 0.717) is 12.5 Å². The average molecular weight is 366 g/mol. The summed E-state index contributed by atoms with van der Waals surface area (Å²) in [4.78, 5) is 26.9. The molecule has 142 valence electrons. The molecule has 2 unspecified atom stereocenters. The van der Waals surface area contributed by atoms with Crippen LogP contribution >= 0.6 is 0 Å². The molecule has 2 aromatic rings. The maximum Gasteiger partial charge on any atom is 0.230 e. The van der Waals surface area contributed by atoms with Crippen LogP contribution < -0.4 is 10.2 Å². The zero-order chi connectivity index (χ0) is 19.0. The molecule has 1 aliphatic carbocycles. The number of anilines is 2.